The van der Waals surface area contributed by atoms with Gasteiger partial charge in [0.05, 0.1) is 5.69 Å². The molecule has 2 nitrogen and oxygen atoms in total. The van der Waals surface area contributed by atoms with Crippen LogP contribution in [0.4, 0.5) is 0 Å². The molecule has 0 aliphatic rings. The molecule has 1 aromatic heterocycles. The Morgan fingerprint density at radius 3 is 2.40 bits per heavy atom. The van der Waals surface area contributed by atoms with Crippen LogP contribution in [0.3, 0.4) is 0 Å². The van der Waals surface area contributed by atoms with Crippen molar-refractivity contribution < 1.29 is 4.79 Å². The summed E-state index contributed by atoms with van der Waals surface area (Å²) in [6, 6.07) is 2.00. The fourth-order valence-corrected chi connectivity index (χ4v) is 1.59. The zero-order chi connectivity index (χ0) is 11.6. The normalized spacial score (nSPS) is 12.1. The van der Waals surface area contributed by atoms with E-state index < -0.39 is 0 Å². The van der Waals surface area contributed by atoms with Crippen LogP contribution in [0.25, 0.3) is 0 Å². The van der Waals surface area contributed by atoms with E-state index in [-0.39, 0.29) is 5.41 Å². The van der Waals surface area contributed by atoms with Crippen LogP contribution in [0.5, 0.6) is 0 Å². The van der Waals surface area contributed by atoms with Gasteiger partial charge in [0.1, 0.15) is 0 Å². The first-order valence-corrected chi connectivity index (χ1v) is 5.50. The number of aldehydes is 1. The summed E-state index contributed by atoms with van der Waals surface area (Å²) >= 11 is 0. The molecule has 0 aliphatic heterocycles. The molecule has 0 atom stereocenters. The molecule has 1 aromatic rings. The summed E-state index contributed by atoms with van der Waals surface area (Å²) in [4.78, 5) is 10.9. The third kappa shape index (κ3) is 2.95. The van der Waals surface area contributed by atoms with Gasteiger partial charge < -0.3 is 4.57 Å². The van der Waals surface area contributed by atoms with Gasteiger partial charge in [-0.25, -0.2) is 0 Å². The van der Waals surface area contributed by atoms with Gasteiger partial charge in [-0.05, 0) is 23.0 Å². The first-order valence-electron chi connectivity index (χ1n) is 5.50. The first kappa shape index (κ1) is 12.0. The molecule has 2 heteroatoms. The molecule has 1 rings (SSSR count). The van der Waals surface area contributed by atoms with Gasteiger partial charge in [0.25, 0.3) is 0 Å². The lowest BCUT2D eigenvalue weighted by Gasteiger charge is -2.16. The smallest absolute Gasteiger partial charge is 0.166 e. The number of carbonyl (C=O) groups excluding carboxylic acids is 1. The molecule has 0 aliphatic carbocycles. The van der Waals surface area contributed by atoms with Crippen LogP contribution in [0.1, 0.15) is 50.7 Å². The maximum absolute atomic E-state index is 10.9. The van der Waals surface area contributed by atoms with Gasteiger partial charge in [-0.15, -0.1) is 0 Å². The summed E-state index contributed by atoms with van der Waals surface area (Å²) in [6.45, 7) is 11.7. The van der Waals surface area contributed by atoms with E-state index in [9.17, 15) is 4.79 Å². The van der Waals surface area contributed by atoms with E-state index in [2.05, 4.69) is 45.4 Å². The molecule has 0 fully saturated rings. The summed E-state index contributed by atoms with van der Waals surface area (Å²) in [5, 5.41) is 0. The Morgan fingerprint density at radius 1 is 1.40 bits per heavy atom. The molecular formula is C13H21NO. The average Bonchev–Trinajstić information content (AvgIpc) is 2.45. The van der Waals surface area contributed by atoms with Crippen molar-refractivity contribution in [2.45, 2.75) is 46.6 Å². The Balaban J connectivity index is 3.06. The standard InChI is InChI=1S/C13H21NO/c1-10(2)7-14-8-11(13(3,4)5)6-12(14)9-15/h6,8-10H,7H2,1-5H3. The third-order valence-electron chi connectivity index (χ3n) is 2.48. The summed E-state index contributed by atoms with van der Waals surface area (Å²) in [5.74, 6) is 0.559. The Hall–Kier alpha value is -1.05. The van der Waals surface area contributed by atoms with E-state index in [1.165, 1.54) is 5.56 Å². The highest BCUT2D eigenvalue weighted by Crippen LogP contribution is 2.24. The van der Waals surface area contributed by atoms with Crippen molar-refractivity contribution >= 4 is 6.29 Å². The SMILES string of the molecule is CC(C)Cn1cc(C(C)(C)C)cc1C=O. The van der Waals surface area contributed by atoms with Crippen LogP contribution >= 0.6 is 0 Å². The second-order valence-electron chi connectivity index (χ2n) is 5.57. The number of rotatable bonds is 3. The van der Waals surface area contributed by atoms with Crippen LogP contribution in [-0.2, 0) is 12.0 Å². The van der Waals surface area contributed by atoms with Gasteiger partial charge in [0.15, 0.2) is 6.29 Å². The second-order valence-corrected chi connectivity index (χ2v) is 5.57. The van der Waals surface area contributed by atoms with Crippen molar-refractivity contribution in [3.8, 4) is 0 Å². The predicted octanol–water partition coefficient (Wildman–Crippen LogP) is 3.25. The Labute approximate surface area is 92.3 Å². The zero-order valence-corrected chi connectivity index (χ0v) is 10.4. The lowest BCUT2D eigenvalue weighted by Crippen LogP contribution is -2.10. The lowest BCUT2D eigenvalue weighted by molar-refractivity contribution is 0.111. The molecule has 0 N–H and O–H groups in total. The molecule has 0 saturated heterocycles. The molecule has 0 saturated carbocycles. The van der Waals surface area contributed by atoms with Crippen molar-refractivity contribution in [3.63, 3.8) is 0 Å². The van der Waals surface area contributed by atoms with Crippen molar-refractivity contribution in [2.24, 2.45) is 5.92 Å². The van der Waals surface area contributed by atoms with E-state index in [0.29, 0.717) is 5.92 Å². The topological polar surface area (TPSA) is 22.0 Å². The number of hydrogen-bond acceptors (Lipinski definition) is 1. The van der Waals surface area contributed by atoms with Gasteiger partial charge in [0, 0.05) is 12.7 Å². The molecule has 0 spiro atoms. The van der Waals surface area contributed by atoms with E-state index in [1.807, 2.05) is 6.07 Å². The van der Waals surface area contributed by atoms with E-state index in [1.54, 1.807) is 0 Å². The van der Waals surface area contributed by atoms with Crippen LogP contribution in [0.2, 0.25) is 0 Å². The summed E-state index contributed by atoms with van der Waals surface area (Å²) < 4.78 is 2.05. The van der Waals surface area contributed by atoms with Crippen molar-refractivity contribution in [3.05, 3.63) is 23.5 Å². The van der Waals surface area contributed by atoms with Crippen molar-refractivity contribution in [1.29, 1.82) is 0 Å². The molecule has 0 aromatic carbocycles. The molecule has 1 heterocycles. The fourth-order valence-electron chi connectivity index (χ4n) is 1.59. The number of carbonyl (C=O) groups is 1. The highest BCUT2D eigenvalue weighted by Gasteiger charge is 2.17. The molecule has 84 valence electrons. The number of hydrogen-bond donors (Lipinski definition) is 0. The van der Waals surface area contributed by atoms with Crippen LogP contribution in [0.15, 0.2) is 12.3 Å². The molecule has 15 heavy (non-hydrogen) atoms. The van der Waals surface area contributed by atoms with Crippen molar-refractivity contribution in [2.75, 3.05) is 0 Å². The van der Waals surface area contributed by atoms with Crippen LogP contribution in [-0.4, -0.2) is 10.9 Å². The monoisotopic (exact) mass is 207 g/mol. The van der Waals surface area contributed by atoms with Gasteiger partial charge in [-0.3, -0.25) is 4.79 Å². The number of aromatic nitrogens is 1. The van der Waals surface area contributed by atoms with Gasteiger partial charge in [0.2, 0.25) is 0 Å². The molecule has 0 radical (unpaired) electrons. The van der Waals surface area contributed by atoms with E-state index in [4.69, 9.17) is 0 Å². The lowest BCUT2D eigenvalue weighted by atomic mass is 9.89. The Morgan fingerprint density at radius 2 is 2.00 bits per heavy atom. The number of nitrogens with zero attached hydrogens (tertiary/aromatic N) is 1. The van der Waals surface area contributed by atoms with Gasteiger partial charge >= 0.3 is 0 Å². The summed E-state index contributed by atoms with van der Waals surface area (Å²) in [7, 11) is 0. The molecule has 0 amide bonds. The summed E-state index contributed by atoms with van der Waals surface area (Å²) in [5.41, 5.74) is 2.12. The largest absolute Gasteiger partial charge is 0.345 e. The minimum atomic E-state index is 0.111. The van der Waals surface area contributed by atoms with E-state index >= 15 is 0 Å². The highest BCUT2D eigenvalue weighted by molar-refractivity contribution is 5.73. The fraction of sp³-hybridized carbons (Fsp3) is 0.615. The first-order chi connectivity index (χ1) is 6.84. The maximum Gasteiger partial charge on any atom is 0.166 e. The molecule has 0 bridgehead atoms. The van der Waals surface area contributed by atoms with Crippen molar-refractivity contribution in [1.82, 2.24) is 4.57 Å². The van der Waals surface area contributed by atoms with Gasteiger partial charge in [-0.1, -0.05) is 34.6 Å². The van der Waals surface area contributed by atoms with Crippen LogP contribution in [0, 0.1) is 5.92 Å². The Kier molecular flexibility index (Phi) is 3.38. The zero-order valence-electron chi connectivity index (χ0n) is 10.4. The molecular weight excluding hydrogens is 186 g/mol. The predicted molar refractivity (Wildman–Crippen MR) is 63.4 cm³/mol. The highest BCUT2D eigenvalue weighted by atomic mass is 16.1. The minimum Gasteiger partial charge on any atom is -0.345 e. The molecule has 0 unspecified atom stereocenters. The summed E-state index contributed by atoms with van der Waals surface area (Å²) in [6.07, 6.45) is 3.04. The average molecular weight is 207 g/mol. The van der Waals surface area contributed by atoms with Gasteiger partial charge in [-0.2, -0.15) is 0 Å². The third-order valence-corrected chi connectivity index (χ3v) is 2.48. The quantitative estimate of drug-likeness (QED) is 0.697. The van der Waals surface area contributed by atoms with E-state index in [0.717, 1.165) is 18.5 Å². The maximum atomic E-state index is 10.9. The second kappa shape index (κ2) is 4.21. The minimum absolute atomic E-state index is 0.111. The Bertz CT molecular complexity index is 342. The van der Waals surface area contributed by atoms with Crippen LogP contribution < -0.4 is 0 Å².